The van der Waals surface area contributed by atoms with E-state index in [-0.39, 0.29) is 17.5 Å². The Kier molecular flexibility index (Phi) is 4.45. The Morgan fingerprint density at radius 1 is 1.11 bits per heavy atom. The molecule has 0 bridgehead atoms. The SMILES string of the molecule is NNC(=NC1CCS(=O)(=O)CC1)NC1CCCC1. The van der Waals surface area contributed by atoms with Crippen LogP contribution in [-0.4, -0.2) is 38.0 Å². The van der Waals surface area contributed by atoms with Crippen LogP contribution >= 0.6 is 0 Å². The second kappa shape index (κ2) is 5.88. The van der Waals surface area contributed by atoms with E-state index < -0.39 is 9.84 Å². The number of nitrogens with one attached hydrogen (secondary N) is 2. The molecule has 0 aromatic rings. The van der Waals surface area contributed by atoms with Gasteiger partial charge in [-0.25, -0.2) is 19.3 Å². The zero-order valence-corrected chi connectivity index (χ0v) is 11.4. The first-order chi connectivity index (χ1) is 8.59. The van der Waals surface area contributed by atoms with Crippen molar-refractivity contribution in [2.75, 3.05) is 11.5 Å². The van der Waals surface area contributed by atoms with Crippen molar-refractivity contribution in [3.63, 3.8) is 0 Å². The molecule has 4 N–H and O–H groups in total. The second-order valence-corrected chi connectivity index (χ2v) is 7.43. The highest BCUT2D eigenvalue weighted by atomic mass is 32.2. The Morgan fingerprint density at radius 3 is 2.28 bits per heavy atom. The van der Waals surface area contributed by atoms with Gasteiger partial charge >= 0.3 is 0 Å². The maximum absolute atomic E-state index is 11.3. The number of nitrogens with zero attached hydrogens (tertiary/aromatic N) is 1. The fourth-order valence-corrected chi connectivity index (χ4v) is 4.04. The zero-order valence-electron chi connectivity index (χ0n) is 10.6. The molecule has 1 aliphatic carbocycles. The van der Waals surface area contributed by atoms with Crippen LogP contribution in [0.15, 0.2) is 4.99 Å². The maximum Gasteiger partial charge on any atom is 0.206 e. The molecule has 0 atom stereocenters. The Bertz CT molecular complexity index is 387. The first-order valence-corrected chi connectivity index (χ1v) is 8.42. The van der Waals surface area contributed by atoms with Crippen molar-refractivity contribution < 1.29 is 8.42 Å². The largest absolute Gasteiger partial charge is 0.353 e. The van der Waals surface area contributed by atoms with Gasteiger partial charge in [0, 0.05) is 6.04 Å². The predicted octanol–water partition coefficient (Wildman–Crippen LogP) is -0.0849. The maximum atomic E-state index is 11.3. The topological polar surface area (TPSA) is 96.6 Å². The van der Waals surface area contributed by atoms with E-state index in [1.54, 1.807) is 0 Å². The van der Waals surface area contributed by atoms with Gasteiger partial charge in [-0.1, -0.05) is 12.8 Å². The van der Waals surface area contributed by atoms with Gasteiger partial charge < -0.3 is 5.32 Å². The van der Waals surface area contributed by atoms with Crippen LogP contribution in [0.3, 0.4) is 0 Å². The molecule has 1 aliphatic heterocycles. The van der Waals surface area contributed by atoms with E-state index in [1.807, 2.05) is 0 Å². The van der Waals surface area contributed by atoms with Crippen molar-refractivity contribution >= 4 is 15.8 Å². The molecule has 2 aliphatic rings. The van der Waals surface area contributed by atoms with Crippen LogP contribution < -0.4 is 16.6 Å². The number of hydrogen-bond donors (Lipinski definition) is 3. The van der Waals surface area contributed by atoms with Crippen molar-refractivity contribution in [3.8, 4) is 0 Å². The molecule has 104 valence electrons. The molecule has 2 fully saturated rings. The van der Waals surface area contributed by atoms with Crippen molar-refractivity contribution in [1.29, 1.82) is 0 Å². The molecule has 6 nitrogen and oxygen atoms in total. The minimum Gasteiger partial charge on any atom is -0.353 e. The molecular weight excluding hydrogens is 252 g/mol. The molecule has 2 rings (SSSR count). The number of rotatable bonds is 2. The van der Waals surface area contributed by atoms with E-state index in [1.165, 1.54) is 12.8 Å². The lowest BCUT2D eigenvalue weighted by molar-refractivity contribution is 0.541. The molecule has 7 heteroatoms. The normalized spacial score (nSPS) is 26.2. The number of hydrogen-bond acceptors (Lipinski definition) is 4. The number of aliphatic imine (C=N–C) groups is 1. The van der Waals surface area contributed by atoms with E-state index in [0.29, 0.717) is 24.8 Å². The molecule has 1 heterocycles. The molecule has 0 amide bonds. The average Bonchev–Trinajstić information content (AvgIpc) is 2.83. The standard InChI is InChI=1S/C11H22N4O2S/c12-15-11(13-9-3-1-2-4-9)14-10-5-7-18(16,17)8-6-10/h9-10H,1-8,12H2,(H2,13,14,15). The Hall–Kier alpha value is -0.820. The molecule has 0 aromatic carbocycles. The second-order valence-electron chi connectivity index (χ2n) is 5.13. The van der Waals surface area contributed by atoms with Crippen molar-refractivity contribution in [2.24, 2.45) is 10.8 Å². The van der Waals surface area contributed by atoms with Gasteiger partial charge in [-0.15, -0.1) is 0 Å². The summed E-state index contributed by atoms with van der Waals surface area (Å²) in [7, 11) is -2.82. The fraction of sp³-hybridized carbons (Fsp3) is 0.909. The van der Waals surface area contributed by atoms with Crippen LogP contribution in [0.25, 0.3) is 0 Å². The monoisotopic (exact) mass is 274 g/mol. The van der Waals surface area contributed by atoms with E-state index in [9.17, 15) is 8.42 Å². The summed E-state index contributed by atoms with van der Waals surface area (Å²) in [4.78, 5) is 4.49. The lowest BCUT2D eigenvalue weighted by Crippen LogP contribution is -2.46. The minimum absolute atomic E-state index is 0.0634. The lowest BCUT2D eigenvalue weighted by atomic mass is 10.2. The highest BCUT2D eigenvalue weighted by Crippen LogP contribution is 2.18. The van der Waals surface area contributed by atoms with Crippen molar-refractivity contribution in [3.05, 3.63) is 0 Å². The summed E-state index contributed by atoms with van der Waals surface area (Å²) < 4.78 is 22.7. The van der Waals surface area contributed by atoms with E-state index in [0.717, 1.165) is 12.8 Å². The van der Waals surface area contributed by atoms with Crippen LogP contribution in [-0.2, 0) is 9.84 Å². The third-order valence-electron chi connectivity index (χ3n) is 3.67. The van der Waals surface area contributed by atoms with Gasteiger partial charge in [0.1, 0.15) is 9.84 Å². The van der Waals surface area contributed by atoms with Gasteiger partial charge in [0.05, 0.1) is 17.5 Å². The fourth-order valence-electron chi connectivity index (χ4n) is 2.57. The Labute approximate surface area is 108 Å². The average molecular weight is 274 g/mol. The van der Waals surface area contributed by atoms with Crippen molar-refractivity contribution in [1.82, 2.24) is 10.7 Å². The predicted molar refractivity (Wildman–Crippen MR) is 71.8 cm³/mol. The summed E-state index contributed by atoms with van der Waals surface area (Å²) in [6, 6.07) is 0.514. The quantitative estimate of drug-likeness (QED) is 0.283. The van der Waals surface area contributed by atoms with Gasteiger partial charge in [-0.05, 0) is 25.7 Å². The summed E-state index contributed by atoms with van der Waals surface area (Å²) in [6.45, 7) is 0. The lowest BCUT2D eigenvalue weighted by Gasteiger charge is -2.21. The first-order valence-electron chi connectivity index (χ1n) is 6.60. The minimum atomic E-state index is -2.82. The molecule has 0 aromatic heterocycles. The smallest absolute Gasteiger partial charge is 0.206 e. The molecule has 0 radical (unpaired) electrons. The summed E-state index contributed by atoms with van der Waals surface area (Å²) in [6.07, 6.45) is 5.99. The van der Waals surface area contributed by atoms with E-state index in [2.05, 4.69) is 15.7 Å². The Balaban J connectivity index is 1.88. The van der Waals surface area contributed by atoms with Crippen LogP contribution in [0.2, 0.25) is 0 Å². The first kappa shape index (κ1) is 13.6. The highest BCUT2D eigenvalue weighted by Gasteiger charge is 2.24. The van der Waals surface area contributed by atoms with Gasteiger partial charge in [0.2, 0.25) is 5.96 Å². The number of nitrogens with two attached hydrogens (primary N) is 1. The van der Waals surface area contributed by atoms with Crippen molar-refractivity contribution in [2.45, 2.75) is 50.6 Å². The summed E-state index contributed by atoms with van der Waals surface area (Å²) in [5.74, 6) is 6.54. The van der Waals surface area contributed by atoms with E-state index in [4.69, 9.17) is 5.84 Å². The van der Waals surface area contributed by atoms with Crippen LogP contribution in [0.1, 0.15) is 38.5 Å². The summed E-state index contributed by atoms with van der Waals surface area (Å²) >= 11 is 0. The number of guanidine groups is 1. The highest BCUT2D eigenvalue weighted by molar-refractivity contribution is 7.91. The molecular formula is C11H22N4O2S. The van der Waals surface area contributed by atoms with Crippen LogP contribution in [0.4, 0.5) is 0 Å². The number of sulfone groups is 1. The molecule has 1 saturated carbocycles. The van der Waals surface area contributed by atoms with Gasteiger partial charge in [-0.3, -0.25) is 5.43 Å². The molecule has 0 spiro atoms. The van der Waals surface area contributed by atoms with Gasteiger partial charge in [-0.2, -0.15) is 0 Å². The van der Waals surface area contributed by atoms with E-state index >= 15 is 0 Å². The Morgan fingerprint density at radius 2 is 1.72 bits per heavy atom. The molecule has 1 saturated heterocycles. The third kappa shape index (κ3) is 3.84. The molecule has 0 unspecified atom stereocenters. The zero-order chi connectivity index (χ0) is 13.0. The number of hydrazine groups is 1. The van der Waals surface area contributed by atoms with Crippen LogP contribution in [0, 0.1) is 0 Å². The third-order valence-corrected chi connectivity index (χ3v) is 5.38. The summed E-state index contributed by atoms with van der Waals surface area (Å²) in [5.41, 5.74) is 2.59. The summed E-state index contributed by atoms with van der Waals surface area (Å²) in [5, 5.41) is 3.30. The molecule has 18 heavy (non-hydrogen) atoms. The van der Waals surface area contributed by atoms with Gasteiger partial charge in [0.15, 0.2) is 0 Å². The van der Waals surface area contributed by atoms with Gasteiger partial charge in [0.25, 0.3) is 0 Å². The van der Waals surface area contributed by atoms with Crippen LogP contribution in [0.5, 0.6) is 0 Å².